The molecule has 14 aromatic carbocycles. The second-order valence-electron chi connectivity index (χ2n) is 19.1. The van der Waals surface area contributed by atoms with Gasteiger partial charge in [0.05, 0.1) is 0 Å². The first kappa shape index (κ1) is 41.6. The molecule has 0 amide bonds. The number of fused-ring (bicyclic) bond motifs is 6. The molecule has 0 aliphatic heterocycles. The third-order valence-corrected chi connectivity index (χ3v) is 15.0. The van der Waals surface area contributed by atoms with Gasteiger partial charge in [-0.25, -0.2) is 0 Å². The molecule has 0 nitrogen and oxygen atoms in total. The maximum Gasteiger partial charge on any atom is -0.00139 e. The van der Waals surface area contributed by atoms with Gasteiger partial charge in [0.15, 0.2) is 0 Å². The quantitative estimate of drug-likeness (QED) is 0.140. The molecule has 0 fully saturated rings. The monoisotopic (exact) mass is 910 g/mol. The van der Waals surface area contributed by atoms with Crippen LogP contribution in [-0.2, 0) is 0 Å². The van der Waals surface area contributed by atoms with Crippen LogP contribution >= 0.6 is 0 Å². The van der Waals surface area contributed by atoms with E-state index in [0.29, 0.717) is 0 Å². The number of hydrogen-bond acceptors (Lipinski definition) is 0. The van der Waals surface area contributed by atoms with Crippen LogP contribution in [-0.4, -0.2) is 0 Å². The van der Waals surface area contributed by atoms with E-state index >= 15 is 0 Å². The smallest absolute Gasteiger partial charge is 0.00139 e. The van der Waals surface area contributed by atoms with E-state index in [4.69, 9.17) is 0 Å². The molecule has 0 heteroatoms. The van der Waals surface area contributed by atoms with E-state index in [0.717, 1.165) is 0 Å². The SMILES string of the molecule is c1ccc(-c2cccc(-c3c4ccccc4c(-c4ccc(-c5ccc6ccccc6c5)cc4)c4ccccc34)c2-c2c3ccccc3c(-c3ccc(-c4ccc5ccccc5c4)cc3)c3ccccc23)cc1. The van der Waals surface area contributed by atoms with E-state index in [1.165, 1.54) is 143 Å². The van der Waals surface area contributed by atoms with Crippen molar-refractivity contribution in [2.24, 2.45) is 0 Å². The second-order valence-corrected chi connectivity index (χ2v) is 19.1. The minimum atomic E-state index is 1.19. The van der Waals surface area contributed by atoms with Gasteiger partial charge in [-0.3, -0.25) is 0 Å². The number of rotatable bonds is 7. The molecule has 0 aromatic heterocycles. The first-order valence-electron chi connectivity index (χ1n) is 25.0. The summed E-state index contributed by atoms with van der Waals surface area (Å²) >= 11 is 0. The third-order valence-electron chi connectivity index (χ3n) is 15.0. The van der Waals surface area contributed by atoms with Crippen molar-refractivity contribution in [3.05, 3.63) is 279 Å². The molecule has 0 bridgehead atoms. The van der Waals surface area contributed by atoms with Crippen LogP contribution < -0.4 is 0 Å². The average molecular weight is 911 g/mol. The van der Waals surface area contributed by atoms with Gasteiger partial charge in [-0.05, 0) is 155 Å². The average Bonchev–Trinajstić information content (AvgIpc) is 3.46. The molecule has 0 unspecified atom stereocenters. The van der Waals surface area contributed by atoms with Crippen LogP contribution in [0.1, 0.15) is 0 Å². The Morgan fingerprint density at radius 1 is 0.139 bits per heavy atom. The van der Waals surface area contributed by atoms with E-state index in [-0.39, 0.29) is 0 Å². The largest absolute Gasteiger partial charge is 0.0622 e. The molecule has 0 N–H and O–H groups in total. The van der Waals surface area contributed by atoms with Gasteiger partial charge in [0, 0.05) is 0 Å². The topological polar surface area (TPSA) is 0 Å². The van der Waals surface area contributed by atoms with Crippen molar-refractivity contribution in [3.63, 3.8) is 0 Å². The Labute approximate surface area is 419 Å². The maximum atomic E-state index is 2.37. The Bertz CT molecular complexity index is 4290. The van der Waals surface area contributed by atoms with Gasteiger partial charge in [-0.15, -0.1) is 0 Å². The van der Waals surface area contributed by atoms with Crippen LogP contribution in [0.4, 0.5) is 0 Å². The summed E-state index contributed by atoms with van der Waals surface area (Å²) in [6.07, 6.45) is 0. The van der Waals surface area contributed by atoms with Crippen molar-refractivity contribution >= 4 is 64.6 Å². The van der Waals surface area contributed by atoms with Crippen LogP contribution in [0.25, 0.3) is 143 Å². The summed E-state index contributed by atoms with van der Waals surface area (Å²) in [5.74, 6) is 0. The molecule has 0 saturated heterocycles. The highest BCUT2D eigenvalue weighted by molar-refractivity contribution is 6.27. The predicted molar refractivity (Wildman–Crippen MR) is 310 cm³/mol. The van der Waals surface area contributed by atoms with Gasteiger partial charge in [-0.2, -0.15) is 0 Å². The first-order chi connectivity index (χ1) is 35.7. The Morgan fingerprint density at radius 2 is 0.458 bits per heavy atom. The molecule has 14 aromatic rings. The van der Waals surface area contributed by atoms with Gasteiger partial charge in [0.2, 0.25) is 0 Å². The Kier molecular flexibility index (Phi) is 9.96. The summed E-state index contributed by atoms with van der Waals surface area (Å²) in [4.78, 5) is 0. The molecule has 0 heterocycles. The van der Waals surface area contributed by atoms with Crippen molar-refractivity contribution in [2.45, 2.75) is 0 Å². The Hall–Kier alpha value is -9.36. The molecule has 0 spiro atoms. The molecule has 0 aliphatic rings. The highest BCUT2D eigenvalue weighted by Crippen LogP contribution is 2.52. The predicted octanol–water partition coefficient (Wildman–Crippen LogP) is 20.3. The van der Waals surface area contributed by atoms with Crippen LogP contribution in [0, 0.1) is 0 Å². The normalized spacial score (nSPS) is 11.6. The van der Waals surface area contributed by atoms with Crippen LogP contribution in [0.15, 0.2) is 279 Å². The molecule has 14 rings (SSSR count). The van der Waals surface area contributed by atoms with Crippen molar-refractivity contribution in [1.82, 2.24) is 0 Å². The van der Waals surface area contributed by atoms with Crippen LogP contribution in [0.2, 0.25) is 0 Å². The highest BCUT2D eigenvalue weighted by Gasteiger charge is 2.25. The van der Waals surface area contributed by atoms with Crippen LogP contribution in [0.3, 0.4) is 0 Å². The Morgan fingerprint density at radius 3 is 0.889 bits per heavy atom. The van der Waals surface area contributed by atoms with Crippen molar-refractivity contribution in [1.29, 1.82) is 0 Å². The lowest BCUT2D eigenvalue weighted by atomic mass is 9.78. The van der Waals surface area contributed by atoms with E-state index in [2.05, 4.69) is 279 Å². The lowest BCUT2D eigenvalue weighted by Gasteiger charge is -2.24. The lowest BCUT2D eigenvalue weighted by molar-refractivity contribution is 1.59. The molecule has 0 saturated carbocycles. The molecular weight excluding hydrogens is 865 g/mol. The summed E-state index contributed by atoms with van der Waals surface area (Å²) in [5, 5.41) is 14.9. The zero-order valence-corrected chi connectivity index (χ0v) is 39.6. The maximum absolute atomic E-state index is 2.37. The van der Waals surface area contributed by atoms with Crippen molar-refractivity contribution in [3.8, 4) is 77.9 Å². The number of hydrogen-bond donors (Lipinski definition) is 0. The summed E-state index contributed by atoms with van der Waals surface area (Å²) < 4.78 is 0. The standard InChI is InChI=1S/C72H46/c1-2-19-51(20-3-1)58-31-16-32-67(70-63-27-12-8-23-59(63)68(60-24-9-13-28-64(60)70)52-39-33-49(34-40-52)56-43-37-47-17-4-6-21-54(47)45-56)71(58)72-65-29-14-10-25-61(65)69(62-26-11-15-30-66(62)72)53-41-35-50(36-42-53)57-44-38-48-18-5-7-22-55(48)46-57/h1-46H. The summed E-state index contributed by atoms with van der Waals surface area (Å²) in [6.45, 7) is 0. The molecule has 0 atom stereocenters. The molecule has 0 radical (unpaired) electrons. The van der Waals surface area contributed by atoms with E-state index in [1.54, 1.807) is 0 Å². The van der Waals surface area contributed by atoms with Gasteiger partial charge in [-0.1, -0.05) is 267 Å². The summed E-state index contributed by atoms with van der Waals surface area (Å²) in [7, 11) is 0. The van der Waals surface area contributed by atoms with Gasteiger partial charge >= 0.3 is 0 Å². The van der Waals surface area contributed by atoms with E-state index < -0.39 is 0 Å². The fourth-order valence-electron chi connectivity index (χ4n) is 11.7. The van der Waals surface area contributed by atoms with Gasteiger partial charge in [0.25, 0.3) is 0 Å². The first-order valence-corrected chi connectivity index (χ1v) is 25.0. The van der Waals surface area contributed by atoms with E-state index in [1.807, 2.05) is 0 Å². The van der Waals surface area contributed by atoms with Gasteiger partial charge < -0.3 is 0 Å². The summed E-state index contributed by atoms with van der Waals surface area (Å²) in [5.41, 5.74) is 17.1. The summed E-state index contributed by atoms with van der Waals surface area (Å²) in [6, 6.07) is 103. The van der Waals surface area contributed by atoms with Gasteiger partial charge in [0.1, 0.15) is 0 Å². The van der Waals surface area contributed by atoms with Crippen LogP contribution in [0.5, 0.6) is 0 Å². The Balaban J connectivity index is 0.998. The zero-order chi connectivity index (χ0) is 47.5. The molecular formula is C72H46. The highest BCUT2D eigenvalue weighted by atomic mass is 14.3. The minimum absolute atomic E-state index is 1.19. The third kappa shape index (κ3) is 6.91. The van der Waals surface area contributed by atoms with E-state index in [9.17, 15) is 0 Å². The fourth-order valence-corrected chi connectivity index (χ4v) is 11.7. The van der Waals surface area contributed by atoms with Crippen molar-refractivity contribution in [2.75, 3.05) is 0 Å². The number of benzene rings is 14. The van der Waals surface area contributed by atoms with Crippen molar-refractivity contribution < 1.29 is 0 Å². The molecule has 0 aliphatic carbocycles. The molecule has 72 heavy (non-hydrogen) atoms. The minimum Gasteiger partial charge on any atom is -0.0622 e. The second kappa shape index (κ2) is 17.2. The molecule has 334 valence electrons. The zero-order valence-electron chi connectivity index (χ0n) is 39.6. The lowest BCUT2D eigenvalue weighted by Crippen LogP contribution is -1.97. The fraction of sp³-hybridized carbons (Fsp3) is 0.